The third kappa shape index (κ3) is 2.97. The van der Waals surface area contributed by atoms with Crippen molar-refractivity contribution in [1.82, 2.24) is 0 Å². The summed E-state index contributed by atoms with van der Waals surface area (Å²) in [6, 6.07) is 18.1. The van der Waals surface area contributed by atoms with E-state index in [1.807, 2.05) is 24.3 Å². The summed E-state index contributed by atoms with van der Waals surface area (Å²) in [5.41, 5.74) is 3.27. The number of nitrogens with one attached hydrogen (secondary N) is 1. The Kier molecular flexibility index (Phi) is 4.01. The Bertz CT molecular complexity index is 798. The molecule has 0 radical (unpaired) electrons. The molecule has 0 saturated carbocycles. The monoisotopic (exact) mass is 389 g/mol. The smallest absolute Gasteiger partial charge is 0.121 e. The zero-order chi connectivity index (χ0) is 14.8. The molecule has 0 unspecified atom stereocenters. The second-order valence-corrected chi connectivity index (χ2v) is 6.26. The van der Waals surface area contributed by atoms with Gasteiger partial charge in [0.05, 0.1) is 0 Å². The van der Waals surface area contributed by atoms with Crippen LogP contribution in [0.25, 0.3) is 10.8 Å². The minimum atomic E-state index is 0.336. The summed E-state index contributed by atoms with van der Waals surface area (Å²) < 4.78 is 1.24. The van der Waals surface area contributed by atoms with Gasteiger partial charge >= 0.3 is 0 Å². The topological polar surface area (TPSA) is 32.3 Å². The van der Waals surface area contributed by atoms with Crippen LogP contribution in [0.2, 0.25) is 0 Å². The molecule has 3 aromatic rings. The molecule has 2 N–H and O–H groups in total. The number of aromatic hydroxyl groups is 1. The third-order valence-electron chi connectivity index (χ3n) is 3.66. The van der Waals surface area contributed by atoms with Gasteiger partial charge in [-0.1, -0.05) is 36.4 Å². The van der Waals surface area contributed by atoms with Gasteiger partial charge in [-0.15, -0.1) is 0 Å². The van der Waals surface area contributed by atoms with E-state index in [-0.39, 0.29) is 0 Å². The molecule has 106 valence electrons. The van der Waals surface area contributed by atoms with Crippen LogP contribution in [0, 0.1) is 10.5 Å². The van der Waals surface area contributed by atoms with Gasteiger partial charge in [-0.3, -0.25) is 0 Å². The Morgan fingerprint density at radius 1 is 1.05 bits per heavy atom. The second kappa shape index (κ2) is 5.93. The van der Waals surface area contributed by atoms with Crippen LogP contribution in [0.5, 0.6) is 5.75 Å². The fraction of sp³-hybridized carbons (Fsp3) is 0.111. The van der Waals surface area contributed by atoms with Crippen molar-refractivity contribution in [1.29, 1.82) is 0 Å². The summed E-state index contributed by atoms with van der Waals surface area (Å²) in [6.07, 6.45) is 0. The highest BCUT2D eigenvalue weighted by Crippen LogP contribution is 2.28. The maximum atomic E-state index is 10.1. The molecule has 0 saturated heterocycles. The third-order valence-corrected chi connectivity index (χ3v) is 4.82. The molecule has 21 heavy (non-hydrogen) atoms. The van der Waals surface area contributed by atoms with E-state index >= 15 is 0 Å². The number of aryl methyl sites for hydroxylation is 1. The quantitative estimate of drug-likeness (QED) is 0.613. The molecule has 0 fully saturated rings. The van der Waals surface area contributed by atoms with Crippen LogP contribution in [0.15, 0.2) is 54.6 Å². The van der Waals surface area contributed by atoms with Gasteiger partial charge in [-0.2, -0.15) is 0 Å². The number of benzene rings is 3. The van der Waals surface area contributed by atoms with E-state index in [0.717, 1.165) is 22.0 Å². The molecule has 0 atom stereocenters. The number of phenolic OH excluding ortho intramolecular Hbond substituents is 1. The van der Waals surface area contributed by atoms with Crippen molar-refractivity contribution >= 4 is 39.1 Å². The highest BCUT2D eigenvalue weighted by atomic mass is 127. The van der Waals surface area contributed by atoms with Gasteiger partial charge in [0.15, 0.2) is 0 Å². The van der Waals surface area contributed by atoms with E-state index in [2.05, 4.69) is 59.1 Å². The molecule has 0 aliphatic rings. The Hall–Kier alpha value is -1.75. The van der Waals surface area contributed by atoms with Crippen molar-refractivity contribution in [2.75, 3.05) is 5.32 Å². The summed E-state index contributed by atoms with van der Waals surface area (Å²) in [5.74, 6) is 0.336. The lowest BCUT2D eigenvalue weighted by atomic mass is 10.0. The Labute approximate surface area is 138 Å². The first-order valence-electron chi connectivity index (χ1n) is 6.85. The molecule has 0 aliphatic heterocycles. The molecule has 0 bridgehead atoms. The largest absolute Gasteiger partial charge is 0.508 e. The summed E-state index contributed by atoms with van der Waals surface area (Å²) >= 11 is 2.34. The second-order valence-electron chi connectivity index (χ2n) is 5.10. The normalized spacial score (nSPS) is 10.8. The molecule has 0 heterocycles. The van der Waals surface area contributed by atoms with Crippen LogP contribution < -0.4 is 5.32 Å². The maximum Gasteiger partial charge on any atom is 0.121 e. The number of rotatable bonds is 3. The highest BCUT2D eigenvalue weighted by Gasteiger charge is 2.07. The molecule has 3 heteroatoms. The predicted octanol–water partition coefficient (Wildman–Crippen LogP) is 5.07. The average molecular weight is 389 g/mol. The number of hydrogen-bond acceptors (Lipinski definition) is 2. The van der Waals surface area contributed by atoms with Crippen LogP contribution in [0.1, 0.15) is 11.1 Å². The summed E-state index contributed by atoms with van der Waals surface area (Å²) in [4.78, 5) is 0. The summed E-state index contributed by atoms with van der Waals surface area (Å²) in [5, 5.41) is 15.8. The minimum absolute atomic E-state index is 0.336. The van der Waals surface area contributed by atoms with E-state index in [9.17, 15) is 5.11 Å². The van der Waals surface area contributed by atoms with Crippen molar-refractivity contribution in [3.05, 3.63) is 69.3 Å². The van der Waals surface area contributed by atoms with E-state index in [1.165, 1.54) is 9.13 Å². The Morgan fingerprint density at radius 3 is 2.67 bits per heavy atom. The number of fused-ring (bicyclic) bond motifs is 1. The molecule has 2 nitrogen and oxygen atoms in total. The number of halogens is 1. The fourth-order valence-corrected chi connectivity index (χ4v) is 2.92. The molecule has 0 spiro atoms. The minimum Gasteiger partial charge on any atom is -0.508 e. The Morgan fingerprint density at radius 2 is 1.86 bits per heavy atom. The van der Waals surface area contributed by atoms with Gasteiger partial charge < -0.3 is 10.4 Å². The number of phenols is 1. The van der Waals surface area contributed by atoms with E-state index in [1.54, 1.807) is 6.07 Å². The van der Waals surface area contributed by atoms with Gasteiger partial charge in [0.1, 0.15) is 5.75 Å². The van der Waals surface area contributed by atoms with Crippen molar-refractivity contribution < 1.29 is 5.11 Å². The van der Waals surface area contributed by atoms with Gasteiger partial charge in [0.2, 0.25) is 0 Å². The molecule has 0 aromatic heterocycles. The summed E-state index contributed by atoms with van der Waals surface area (Å²) in [7, 11) is 0. The first kappa shape index (κ1) is 14.2. The standard InChI is InChI=1S/C18H16INO/c1-12-6-8-14(10-17(12)19)20-11-16-15-5-3-2-4-13(15)7-9-18(16)21/h2-10,20-21H,11H2,1H3. The molecule has 3 aromatic carbocycles. The molecule has 0 amide bonds. The van der Waals surface area contributed by atoms with Gasteiger partial charge in [0, 0.05) is 21.4 Å². The van der Waals surface area contributed by atoms with Crippen molar-refractivity contribution in [2.45, 2.75) is 13.5 Å². The first-order valence-corrected chi connectivity index (χ1v) is 7.92. The average Bonchev–Trinajstić information content (AvgIpc) is 2.50. The van der Waals surface area contributed by atoms with Crippen LogP contribution in [-0.2, 0) is 6.54 Å². The SMILES string of the molecule is Cc1ccc(NCc2c(O)ccc3ccccc23)cc1I. The van der Waals surface area contributed by atoms with Gasteiger partial charge in [-0.25, -0.2) is 0 Å². The van der Waals surface area contributed by atoms with E-state index < -0.39 is 0 Å². The van der Waals surface area contributed by atoms with Crippen LogP contribution in [0.3, 0.4) is 0 Å². The number of hydrogen-bond donors (Lipinski definition) is 2. The van der Waals surface area contributed by atoms with Crippen molar-refractivity contribution in [3.8, 4) is 5.75 Å². The van der Waals surface area contributed by atoms with Gasteiger partial charge in [0.25, 0.3) is 0 Å². The van der Waals surface area contributed by atoms with Gasteiger partial charge in [-0.05, 0) is 64.0 Å². The Balaban J connectivity index is 1.91. The fourth-order valence-electron chi connectivity index (χ4n) is 2.40. The lowest BCUT2D eigenvalue weighted by Gasteiger charge is -2.12. The van der Waals surface area contributed by atoms with Crippen molar-refractivity contribution in [3.63, 3.8) is 0 Å². The van der Waals surface area contributed by atoms with E-state index in [0.29, 0.717) is 12.3 Å². The highest BCUT2D eigenvalue weighted by molar-refractivity contribution is 14.1. The lowest BCUT2D eigenvalue weighted by Crippen LogP contribution is -2.01. The molecular weight excluding hydrogens is 373 g/mol. The number of anilines is 1. The molecule has 3 rings (SSSR count). The predicted molar refractivity (Wildman–Crippen MR) is 96.8 cm³/mol. The first-order chi connectivity index (χ1) is 10.1. The van der Waals surface area contributed by atoms with Crippen LogP contribution >= 0.6 is 22.6 Å². The maximum absolute atomic E-state index is 10.1. The van der Waals surface area contributed by atoms with Crippen molar-refractivity contribution in [2.24, 2.45) is 0 Å². The molecular formula is C18H16INO. The van der Waals surface area contributed by atoms with Crippen LogP contribution in [-0.4, -0.2) is 5.11 Å². The zero-order valence-electron chi connectivity index (χ0n) is 11.7. The van der Waals surface area contributed by atoms with E-state index in [4.69, 9.17) is 0 Å². The summed E-state index contributed by atoms with van der Waals surface area (Å²) in [6.45, 7) is 2.70. The van der Waals surface area contributed by atoms with Crippen LogP contribution in [0.4, 0.5) is 5.69 Å². The zero-order valence-corrected chi connectivity index (χ0v) is 13.9. The lowest BCUT2D eigenvalue weighted by molar-refractivity contribution is 0.470. The molecule has 0 aliphatic carbocycles.